The van der Waals surface area contributed by atoms with Gasteiger partial charge < -0.3 is 20.5 Å². The molecule has 0 aromatic carbocycles. The standard InChI is InChI=1S/C9H17N3O4/c1-6(8(13)12-9(10)14)16-5-7-4-11-2-3-15-7/h6-7,11H,2-5H2,1H3,(H3,10,12,13,14). The number of nitrogens with one attached hydrogen (secondary N) is 2. The van der Waals surface area contributed by atoms with Crippen molar-refractivity contribution in [2.24, 2.45) is 5.73 Å². The predicted molar refractivity (Wildman–Crippen MR) is 55.7 cm³/mol. The summed E-state index contributed by atoms with van der Waals surface area (Å²) in [6, 6.07) is -0.879. The van der Waals surface area contributed by atoms with Gasteiger partial charge in [0.05, 0.1) is 19.3 Å². The number of morpholine rings is 1. The third-order valence-electron chi connectivity index (χ3n) is 2.15. The van der Waals surface area contributed by atoms with E-state index in [1.165, 1.54) is 0 Å². The lowest BCUT2D eigenvalue weighted by Gasteiger charge is -2.24. The quantitative estimate of drug-likeness (QED) is 0.550. The van der Waals surface area contributed by atoms with Crippen LogP contribution in [-0.4, -0.2) is 50.4 Å². The molecule has 0 aromatic rings. The molecule has 0 aliphatic carbocycles. The van der Waals surface area contributed by atoms with Crippen LogP contribution in [0.5, 0.6) is 0 Å². The molecular weight excluding hydrogens is 214 g/mol. The van der Waals surface area contributed by atoms with Crippen LogP contribution in [0.4, 0.5) is 4.79 Å². The number of ether oxygens (including phenoxy) is 2. The van der Waals surface area contributed by atoms with Crippen LogP contribution in [0, 0.1) is 0 Å². The van der Waals surface area contributed by atoms with E-state index in [-0.39, 0.29) is 6.10 Å². The number of urea groups is 1. The zero-order valence-electron chi connectivity index (χ0n) is 9.19. The third-order valence-corrected chi connectivity index (χ3v) is 2.15. The Kier molecular flexibility index (Phi) is 5.17. The molecule has 1 rings (SSSR count). The Morgan fingerprint density at radius 2 is 2.44 bits per heavy atom. The Hall–Kier alpha value is -1.18. The summed E-state index contributed by atoms with van der Waals surface area (Å²) in [6.45, 7) is 4.02. The van der Waals surface area contributed by atoms with Gasteiger partial charge in [0.1, 0.15) is 6.10 Å². The summed E-state index contributed by atoms with van der Waals surface area (Å²) in [7, 11) is 0. The molecule has 2 atom stereocenters. The summed E-state index contributed by atoms with van der Waals surface area (Å²) < 4.78 is 10.6. The van der Waals surface area contributed by atoms with Crippen molar-refractivity contribution in [3.05, 3.63) is 0 Å². The maximum absolute atomic E-state index is 11.2. The van der Waals surface area contributed by atoms with Crippen LogP contribution in [-0.2, 0) is 14.3 Å². The van der Waals surface area contributed by atoms with Gasteiger partial charge in [0.2, 0.25) is 0 Å². The lowest BCUT2D eigenvalue weighted by molar-refractivity contribution is -0.133. The lowest BCUT2D eigenvalue weighted by Crippen LogP contribution is -2.45. The highest BCUT2D eigenvalue weighted by molar-refractivity contribution is 5.95. The smallest absolute Gasteiger partial charge is 0.318 e. The Labute approximate surface area is 93.6 Å². The van der Waals surface area contributed by atoms with Gasteiger partial charge in [-0.25, -0.2) is 4.79 Å². The average molecular weight is 231 g/mol. The van der Waals surface area contributed by atoms with Gasteiger partial charge in [-0.2, -0.15) is 0 Å². The maximum Gasteiger partial charge on any atom is 0.318 e. The van der Waals surface area contributed by atoms with E-state index in [1.807, 2.05) is 5.32 Å². The molecule has 1 aliphatic heterocycles. The largest absolute Gasteiger partial charge is 0.373 e. The summed E-state index contributed by atoms with van der Waals surface area (Å²) in [5.74, 6) is -0.545. The van der Waals surface area contributed by atoms with E-state index in [0.717, 1.165) is 6.54 Å². The Morgan fingerprint density at radius 1 is 1.69 bits per heavy atom. The SMILES string of the molecule is CC(OCC1CNCCO1)C(=O)NC(N)=O. The number of rotatable bonds is 4. The van der Waals surface area contributed by atoms with Crippen LogP contribution in [0.25, 0.3) is 0 Å². The van der Waals surface area contributed by atoms with Crippen LogP contribution in [0.2, 0.25) is 0 Å². The summed E-state index contributed by atoms with van der Waals surface area (Å²) in [5, 5.41) is 5.09. The fourth-order valence-corrected chi connectivity index (χ4v) is 1.28. The van der Waals surface area contributed by atoms with Gasteiger partial charge in [-0.3, -0.25) is 10.1 Å². The molecular formula is C9H17N3O4. The summed E-state index contributed by atoms with van der Waals surface area (Å²) in [5.41, 5.74) is 4.81. The van der Waals surface area contributed by atoms with E-state index >= 15 is 0 Å². The number of nitrogens with two attached hydrogens (primary N) is 1. The second-order valence-corrected chi connectivity index (χ2v) is 3.53. The predicted octanol–water partition coefficient (Wildman–Crippen LogP) is -1.43. The Morgan fingerprint density at radius 3 is 3.00 bits per heavy atom. The molecule has 4 N–H and O–H groups in total. The monoisotopic (exact) mass is 231 g/mol. The van der Waals surface area contributed by atoms with Gasteiger partial charge in [0.15, 0.2) is 0 Å². The average Bonchev–Trinajstić information content (AvgIpc) is 2.26. The van der Waals surface area contributed by atoms with Crippen molar-refractivity contribution in [3.8, 4) is 0 Å². The number of hydrogen-bond acceptors (Lipinski definition) is 5. The first-order valence-electron chi connectivity index (χ1n) is 5.14. The number of carbonyl (C=O) groups is 2. The highest BCUT2D eigenvalue weighted by Crippen LogP contribution is 1.99. The van der Waals surface area contributed by atoms with Crippen molar-refractivity contribution in [2.75, 3.05) is 26.3 Å². The molecule has 0 bridgehead atoms. The fraction of sp³-hybridized carbons (Fsp3) is 0.778. The number of imide groups is 1. The Bertz CT molecular complexity index is 253. The van der Waals surface area contributed by atoms with E-state index < -0.39 is 18.0 Å². The second-order valence-electron chi connectivity index (χ2n) is 3.53. The van der Waals surface area contributed by atoms with Crippen LogP contribution in [0.1, 0.15) is 6.92 Å². The number of amides is 3. The first-order valence-corrected chi connectivity index (χ1v) is 5.14. The molecule has 2 unspecified atom stereocenters. The van der Waals surface area contributed by atoms with Gasteiger partial charge in [-0.1, -0.05) is 0 Å². The van der Waals surface area contributed by atoms with Crippen LogP contribution in [0.3, 0.4) is 0 Å². The molecule has 0 spiro atoms. The minimum Gasteiger partial charge on any atom is -0.373 e. The highest BCUT2D eigenvalue weighted by atomic mass is 16.5. The number of hydrogen-bond donors (Lipinski definition) is 3. The second kappa shape index (κ2) is 6.41. The molecule has 1 saturated heterocycles. The minimum absolute atomic E-state index is 0.0578. The fourth-order valence-electron chi connectivity index (χ4n) is 1.28. The molecule has 0 radical (unpaired) electrons. The van der Waals surface area contributed by atoms with Gasteiger partial charge in [-0.05, 0) is 6.92 Å². The number of carbonyl (C=O) groups excluding carboxylic acids is 2. The summed E-state index contributed by atoms with van der Waals surface area (Å²) in [6.07, 6.45) is -0.782. The van der Waals surface area contributed by atoms with E-state index in [0.29, 0.717) is 19.8 Å². The zero-order valence-corrected chi connectivity index (χ0v) is 9.19. The van der Waals surface area contributed by atoms with Crippen LogP contribution < -0.4 is 16.4 Å². The molecule has 92 valence electrons. The molecule has 1 aliphatic rings. The van der Waals surface area contributed by atoms with Gasteiger partial charge in [0, 0.05) is 13.1 Å². The van der Waals surface area contributed by atoms with E-state index in [4.69, 9.17) is 15.2 Å². The van der Waals surface area contributed by atoms with Crippen molar-refractivity contribution < 1.29 is 19.1 Å². The minimum atomic E-state index is -0.879. The first-order chi connectivity index (χ1) is 7.59. The van der Waals surface area contributed by atoms with Crippen LogP contribution in [0.15, 0.2) is 0 Å². The third kappa shape index (κ3) is 4.56. The molecule has 7 nitrogen and oxygen atoms in total. The summed E-state index contributed by atoms with van der Waals surface area (Å²) >= 11 is 0. The van der Waals surface area contributed by atoms with E-state index in [9.17, 15) is 9.59 Å². The zero-order chi connectivity index (χ0) is 12.0. The highest BCUT2D eigenvalue weighted by Gasteiger charge is 2.19. The molecule has 0 aromatic heterocycles. The van der Waals surface area contributed by atoms with Crippen molar-refractivity contribution >= 4 is 11.9 Å². The van der Waals surface area contributed by atoms with Crippen molar-refractivity contribution in [2.45, 2.75) is 19.1 Å². The molecule has 3 amide bonds. The van der Waals surface area contributed by atoms with E-state index in [1.54, 1.807) is 6.92 Å². The molecule has 16 heavy (non-hydrogen) atoms. The van der Waals surface area contributed by atoms with Crippen molar-refractivity contribution in [3.63, 3.8) is 0 Å². The van der Waals surface area contributed by atoms with Crippen LogP contribution >= 0.6 is 0 Å². The Balaban J connectivity index is 2.20. The normalized spacial score (nSPS) is 22.4. The van der Waals surface area contributed by atoms with Gasteiger partial charge in [0.25, 0.3) is 5.91 Å². The molecule has 0 saturated carbocycles. The molecule has 7 heteroatoms. The topological polar surface area (TPSA) is 103 Å². The first kappa shape index (κ1) is 12.9. The van der Waals surface area contributed by atoms with Crippen molar-refractivity contribution in [1.29, 1.82) is 0 Å². The molecule has 1 fully saturated rings. The van der Waals surface area contributed by atoms with E-state index in [2.05, 4.69) is 5.32 Å². The maximum atomic E-state index is 11.2. The lowest BCUT2D eigenvalue weighted by atomic mass is 10.3. The summed E-state index contributed by atoms with van der Waals surface area (Å²) in [4.78, 5) is 21.7. The molecule has 1 heterocycles. The van der Waals surface area contributed by atoms with Gasteiger partial charge in [-0.15, -0.1) is 0 Å². The van der Waals surface area contributed by atoms with Crippen molar-refractivity contribution in [1.82, 2.24) is 10.6 Å². The number of primary amides is 1. The van der Waals surface area contributed by atoms with Gasteiger partial charge >= 0.3 is 6.03 Å².